The minimum Gasteiger partial charge on any atom is -0.277 e. The average Bonchev–Trinajstić information content (AvgIpc) is 1.90. The van der Waals surface area contributed by atoms with Crippen molar-refractivity contribution in [3.63, 3.8) is 0 Å². The molecule has 0 bridgehead atoms. The van der Waals surface area contributed by atoms with Crippen molar-refractivity contribution >= 4 is 21.8 Å². The van der Waals surface area contributed by atoms with E-state index in [1.54, 1.807) is 12.1 Å². The van der Waals surface area contributed by atoms with Crippen LogP contribution in [-0.2, 0) is 0 Å². The fourth-order valence-electron chi connectivity index (χ4n) is 0.551. The number of hydrogen-bond donors (Lipinski definition) is 1. The molecule has 0 fully saturated rings. The first kappa shape index (κ1) is 6.58. The summed E-state index contributed by atoms with van der Waals surface area (Å²) in [7, 11) is 0. The summed E-state index contributed by atoms with van der Waals surface area (Å²) in [6.45, 7) is 0. The zero-order chi connectivity index (χ0) is 6.69. The Kier molecular flexibility index (Phi) is 2.08. The summed E-state index contributed by atoms with van der Waals surface area (Å²) in [5, 5.41) is 8.77. The average molecular weight is 188 g/mol. The van der Waals surface area contributed by atoms with E-state index in [4.69, 9.17) is 5.21 Å². The zero-order valence-corrected chi connectivity index (χ0v) is 6.25. The Hall–Kier alpha value is -0.540. The second kappa shape index (κ2) is 2.85. The van der Waals surface area contributed by atoms with Gasteiger partial charge in [0, 0.05) is 0 Å². The molecule has 1 N–H and O–H groups in total. The number of para-hydroxylation sites is 1. The quantitative estimate of drug-likeness (QED) is 0.539. The molecular weight excluding hydrogens is 182 g/mol. The van der Waals surface area contributed by atoms with Crippen LogP contribution in [0.25, 0.3) is 0 Å². The summed E-state index contributed by atoms with van der Waals surface area (Å²) >= 11 is 2.87. The maximum Gasteiger partial charge on any atom is 0.0800 e. The fourth-order valence-corrected chi connectivity index (χ4v) is 0.787. The van der Waals surface area contributed by atoms with Crippen molar-refractivity contribution in [3.05, 3.63) is 30.3 Å². The van der Waals surface area contributed by atoms with Crippen molar-refractivity contribution < 1.29 is 5.21 Å². The standard InChI is InChI=1S/C6H6BrNO/c7-8(9)6-4-2-1-3-5-6/h1-5,9H. The van der Waals surface area contributed by atoms with E-state index in [0.717, 1.165) is 9.78 Å². The number of benzene rings is 1. The number of nitrogens with zero attached hydrogens (tertiary/aromatic N) is 1. The number of anilines is 1. The Balaban J connectivity index is 2.85. The molecule has 0 spiro atoms. The SMILES string of the molecule is ON(Br)c1ccccc1. The van der Waals surface area contributed by atoms with E-state index in [2.05, 4.69) is 16.1 Å². The van der Waals surface area contributed by atoms with Crippen LogP contribution in [-0.4, -0.2) is 5.21 Å². The van der Waals surface area contributed by atoms with E-state index in [1.165, 1.54) is 0 Å². The molecule has 0 heterocycles. The third kappa shape index (κ3) is 1.69. The molecule has 2 nitrogen and oxygen atoms in total. The molecule has 0 aliphatic heterocycles. The Morgan fingerprint density at radius 3 is 2.11 bits per heavy atom. The van der Waals surface area contributed by atoms with Gasteiger partial charge in [-0.2, -0.15) is 4.09 Å². The Labute approximate surface area is 62.0 Å². The normalized spacial score (nSPS) is 9.11. The first-order valence-electron chi connectivity index (χ1n) is 2.50. The molecule has 0 amide bonds. The van der Waals surface area contributed by atoms with Crippen molar-refractivity contribution in [2.75, 3.05) is 4.09 Å². The molecule has 1 aromatic rings. The molecular formula is C6H6BrNO. The monoisotopic (exact) mass is 187 g/mol. The Morgan fingerprint density at radius 2 is 1.78 bits per heavy atom. The van der Waals surface area contributed by atoms with Crippen LogP contribution in [0.1, 0.15) is 0 Å². The van der Waals surface area contributed by atoms with Gasteiger partial charge >= 0.3 is 0 Å². The summed E-state index contributed by atoms with van der Waals surface area (Å²) in [6, 6.07) is 9.16. The molecule has 3 heteroatoms. The summed E-state index contributed by atoms with van der Waals surface area (Å²) in [6.07, 6.45) is 0. The Bertz CT molecular complexity index is 176. The van der Waals surface area contributed by atoms with Gasteiger partial charge in [0.15, 0.2) is 0 Å². The predicted molar refractivity (Wildman–Crippen MR) is 39.6 cm³/mol. The third-order valence-electron chi connectivity index (χ3n) is 0.969. The maximum atomic E-state index is 8.77. The zero-order valence-electron chi connectivity index (χ0n) is 4.66. The number of halogens is 1. The van der Waals surface area contributed by atoms with Gasteiger partial charge in [-0.15, -0.1) is 0 Å². The number of rotatable bonds is 1. The molecule has 0 aliphatic rings. The van der Waals surface area contributed by atoms with Crippen molar-refractivity contribution in [2.24, 2.45) is 0 Å². The fraction of sp³-hybridized carbons (Fsp3) is 0. The van der Waals surface area contributed by atoms with E-state index in [9.17, 15) is 0 Å². The smallest absolute Gasteiger partial charge is 0.0800 e. The Morgan fingerprint density at radius 1 is 1.22 bits per heavy atom. The first-order chi connectivity index (χ1) is 4.30. The van der Waals surface area contributed by atoms with Gasteiger partial charge < -0.3 is 0 Å². The molecule has 0 aliphatic carbocycles. The molecule has 0 aromatic heterocycles. The van der Waals surface area contributed by atoms with E-state index < -0.39 is 0 Å². The topological polar surface area (TPSA) is 23.5 Å². The lowest BCUT2D eigenvalue weighted by Crippen LogP contribution is -1.99. The molecule has 0 saturated heterocycles. The van der Waals surface area contributed by atoms with Crippen LogP contribution in [0, 0.1) is 0 Å². The molecule has 0 atom stereocenters. The number of hydrogen-bond acceptors (Lipinski definition) is 2. The summed E-state index contributed by atoms with van der Waals surface area (Å²) < 4.78 is 0.896. The summed E-state index contributed by atoms with van der Waals surface area (Å²) in [4.78, 5) is 0. The highest BCUT2D eigenvalue weighted by atomic mass is 79.9. The van der Waals surface area contributed by atoms with Crippen LogP contribution in [0.15, 0.2) is 30.3 Å². The lowest BCUT2D eigenvalue weighted by molar-refractivity contribution is 0.338. The highest BCUT2D eigenvalue weighted by Crippen LogP contribution is 2.12. The lowest BCUT2D eigenvalue weighted by atomic mass is 10.3. The van der Waals surface area contributed by atoms with Gasteiger partial charge in [0.1, 0.15) is 0 Å². The van der Waals surface area contributed by atoms with Gasteiger partial charge in [0.25, 0.3) is 0 Å². The second-order valence-electron chi connectivity index (χ2n) is 1.60. The van der Waals surface area contributed by atoms with Crippen LogP contribution >= 0.6 is 16.1 Å². The molecule has 0 saturated carbocycles. The predicted octanol–water partition coefficient (Wildman–Crippen LogP) is 2.19. The van der Waals surface area contributed by atoms with Crippen LogP contribution in [0.3, 0.4) is 0 Å². The maximum absolute atomic E-state index is 8.77. The largest absolute Gasteiger partial charge is 0.277 e. The molecule has 9 heavy (non-hydrogen) atoms. The van der Waals surface area contributed by atoms with Gasteiger partial charge in [0.2, 0.25) is 0 Å². The molecule has 1 aromatic carbocycles. The third-order valence-corrected chi connectivity index (χ3v) is 1.38. The van der Waals surface area contributed by atoms with E-state index >= 15 is 0 Å². The van der Waals surface area contributed by atoms with Gasteiger partial charge in [-0.05, 0) is 12.1 Å². The van der Waals surface area contributed by atoms with E-state index in [1.807, 2.05) is 18.2 Å². The van der Waals surface area contributed by atoms with Crippen LogP contribution in [0.4, 0.5) is 5.69 Å². The minimum atomic E-state index is 0.720. The van der Waals surface area contributed by atoms with Crippen molar-refractivity contribution in [3.8, 4) is 0 Å². The van der Waals surface area contributed by atoms with E-state index in [0.29, 0.717) is 0 Å². The second-order valence-corrected chi connectivity index (χ2v) is 2.27. The highest BCUT2D eigenvalue weighted by molar-refractivity contribution is 9.10. The molecule has 0 unspecified atom stereocenters. The van der Waals surface area contributed by atoms with Crippen molar-refractivity contribution in [1.82, 2.24) is 0 Å². The van der Waals surface area contributed by atoms with Crippen LogP contribution in [0.2, 0.25) is 0 Å². The molecule has 48 valence electrons. The van der Waals surface area contributed by atoms with Crippen molar-refractivity contribution in [1.29, 1.82) is 0 Å². The van der Waals surface area contributed by atoms with Gasteiger partial charge in [-0.1, -0.05) is 18.2 Å². The summed E-state index contributed by atoms with van der Waals surface area (Å²) in [5.74, 6) is 0. The highest BCUT2D eigenvalue weighted by Gasteiger charge is 1.92. The van der Waals surface area contributed by atoms with Gasteiger partial charge in [0.05, 0.1) is 21.8 Å². The molecule has 1 rings (SSSR count). The summed E-state index contributed by atoms with van der Waals surface area (Å²) in [5.41, 5.74) is 0.720. The first-order valence-corrected chi connectivity index (χ1v) is 3.21. The van der Waals surface area contributed by atoms with E-state index in [-0.39, 0.29) is 0 Å². The van der Waals surface area contributed by atoms with Gasteiger partial charge in [-0.3, -0.25) is 5.21 Å². The van der Waals surface area contributed by atoms with Crippen molar-refractivity contribution in [2.45, 2.75) is 0 Å². The lowest BCUT2D eigenvalue weighted by Gasteiger charge is -2.04. The van der Waals surface area contributed by atoms with Gasteiger partial charge in [-0.25, -0.2) is 0 Å². The minimum absolute atomic E-state index is 0.720. The van der Waals surface area contributed by atoms with Crippen LogP contribution < -0.4 is 4.09 Å². The van der Waals surface area contributed by atoms with Crippen LogP contribution in [0.5, 0.6) is 0 Å². The molecule has 0 radical (unpaired) electrons.